The number of rotatable bonds is 4. The molecule has 0 radical (unpaired) electrons. The minimum atomic E-state index is -0.751. The van der Waals surface area contributed by atoms with Crippen molar-refractivity contribution in [3.8, 4) is 0 Å². The molecule has 1 spiro atoms. The highest BCUT2D eigenvalue weighted by molar-refractivity contribution is 6.07. The molecule has 1 aromatic carbocycles. The number of amides is 2. The van der Waals surface area contributed by atoms with Crippen LogP contribution in [-0.2, 0) is 16.1 Å². The standard InChI is InChI=1S/C21H29N3O2/c1-22-18(25)21(9-10-21)19(26)24-13-11-20(16-24)8-5-12-23(15-20)14-17-6-3-2-4-7-17/h2-4,6-7H,5,8-16H2,1H3,(H,22,25). The van der Waals surface area contributed by atoms with Gasteiger partial charge in [0.1, 0.15) is 5.41 Å². The summed E-state index contributed by atoms with van der Waals surface area (Å²) in [4.78, 5) is 29.7. The van der Waals surface area contributed by atoms with Crippen LogP contribution < -0.4 is 5.32 Å². The number of carbonyl (C=O) groups excluding carboxylic acids is 2. The highest BCUT2D eigenvalue weighted by Gasteiger charge is 2.59. The Morgan fingerprint density at radius 2 is 1.81 bits per heavy atom. The highest BCUT2D eigenvalue weighted by Crippen LogP contribution is 2.49. The summed E-state index contributed by atoms with van der Waals surface area (Å²) in [6.07, 6.45) is 4.85. The number of benzene rings is 1. The Kier molecular flexibility index (Phi) is 4.51. The monoisotopic (exact) mass is 355 g/mol. The summed E-state index contributed by atoms with van der Waals surface area (Å²) in [7, 11) is 1.63. The summed E-state index contributed by atoms with van der Waals surface area (Å²) in [6, 6.07) is 10.6. The first-order valence-corrected chi connectivity index (χ1v) is 9.85. The number of nitrogens with zero attached hydrogens (tertiary/aromatic N) is 2. The number of hydrogen-bond acceptors (Lipinski definition) is 3. The van der Waals surface area contributed by atoms with E-state index < -0.39 is 5.41 Å². The van der Waals surface area contributed by atoms with Crippen LogP contribution in [0.15, 0.2) is 30.3 Å². The molecule has 2 amide bonds. The molecule has 5 heteroatoms. The van der Waals surface area contributed by atoms with Gasteiger partial charge in [-0.05, 0) is 44.2 Å². The van der Waals surface area contributed by atoms with Gasteiger partial charge in [0.15, 0.2) is 0 Å². The molecular formula is C21H29N3O2. The van der Waals surface area contributed by atoms with Crippen molar-refractivity contribution in [3.05, 3.63) is 35.9 Å². The fraction of sp³-hybridized carbons (Fsp3) is 0.619. The average molecular weight is 355 g/mol. The molecule has 0 aromatic heterocycles. The van der Waals surface area contributed by atoms with Crippen molar-refractivity contribution in [2.24, 2.45) is 10.8 Å². The van der Waals surface area contributed by atoms with Crippen molar-refractivity contribution in [2.75, 3.05) is 33.2 Å². The second-order valence-corrected chi connectivity index (χ2v) is 8.44. The largest absolute Gasteiger partial charge is 0.358 e. The third kappa shape index (κ3) is 3.13. The van der Waals surface area contributed by atoms with Crippen molar-refractivity contribution in [1.29, 1.82) is 0 Å². The lowest BCUT2D eigenvalue weighted by Crippen LogP contribution is -2.47. The van der Waals surface area contributed by atoms with E-state index in [1.165, 1.54) is 18.4 Å². The van der Waals surface area contributed by atoms with Gasteiger partial charge in [-0.3, -0.25) is 14.5 Å². The Morgan fingerprint density at radius 3 is 2.50 bits per heavy atom. The van der Waals surface area contributed by atoms with Crippen LogP contribution in [0.3, 0.4) is 0 Å². The zero-order valence-electron chi connectivity index (χ0n) is 15.7. The number of piperidine rings is 1. The van der Waals surface area contributed by atoms with Gasteiger partial charge in [0.05, 0.1) is 0 Å². The Balaban J connectivity index is 1.40. The van der Waals surface area contributed by atoms with Crippen LogP contribution in [0.5, 0.6) is 0 Å². The minimum Gasteiger partial charge on any atom is -0.358 e. The summed E-state index contributed by atoms with van der Waals surface area (Å²) in [6.45, 7) is 4.79. The lowest BCUT2D eigenvalue weighted by molar-refractivity contribution is -0.143. The molecule has 1 N–H and O–H groups in total. The van der Waals surface area contributed by atoms with Crippen LogP contribution >= 0.6 is 0 Å². The molecule has 1 saturated carbocycles. The molecule has 2 saturated heterocycles. The highest BCUT2D eigenvalue weighted by atomic mass is 16.2. The van der Waals surface area contributed by atoms with Crippen molar-refractivity contribution in [2.45, 2.75) is 38.6 Å². The minimum absolute atomic E-state index is 0.0638. The summed E-state index contributed by atoms with van der Waals surface area (Å²) < 4.78 is 0. The van der Waals surface area contributed by atoms with E-state index in [4.69, 9.17) is 0 Å². The van der Waals surface area contributed by atoms with Gasteiger partial charge >= 0.3 is 0 Å². The van der Waals surface area contributed by atoms with Gasteiger partial charge in [-0.2, -0.15) is 0 Å². The van der Waals surface area contributed by atoms with E-state index in [0.717, 1.165) is 39.1 Å². The Morgan fingerprint density at radius 1 is 1.04 bits per heavy atom. The van der Waals surface area contributed by atoms with Gasteiger partial charge in [-0.15, -0.1) is 0 Å². The molecule has 5 nitrogen and oxygen atoms in total. The van der Waals surface area contributed by atoms with Gasteiger partial charge in [0.25, 0.3) is 0 Å². The normalized spacial score (nSPS) is 27.5. The maximum Gasteiger partial charge on any atom is 0.238 e. The van der Waals surface area contributed by atoms with Crippen LogP contribution in [-0.4, -0.2) is 54.8 Å². The molecule has 1 unspecified atom stereocenters. The molecule has 0 bridgehead atoms. The maximum atomic E-state index is 13.0. The number of carbonyl (C=O) groups is 2. The molecule has 26 heavy (non-hydrogen) atoms. The molecule has 1 atom stereocenters. The van der Waals surface area contributed by atoms with E-state index in [1.54, 1.807) is 7.05 Å². The molecule has 2 heterocycles. The van der Waals surface area contributed by atoms with Gasteiger partial charge < -0.3 is 10.2 Å². The van der Waals surface area contributed by atoms with Gasteiger partial charge in [-0.25, -0.2) is 0 Å². The Bertz CT molecular complexity index is 686. The molecule has 1 aromatic rings. The van der Waals surface area contributed by atoms with Crippen LogP contribution in [0, 0.1) is 10.8 Å². The first-order valence-electron chi connectivity index (χ1n) is 9.85. The first kappa shape index (κ1) is 17.5. The number of hydrogen-bond donors (Lipinski definition) is 1. The first-order chi connectivity index (χ1) is 12.6. The van der Waals surface area contributed by atoms with Gasteiger partial charge in [0, 0.05) is 38.6 Å². The van der Waals surface area contributed by atoms with Crippen molar-refractivity contribution < 1.29 is 9.59 Å². The summed E-state index contributed by atoms with van der Waals surface area (Å²) in [5.74, 6) is -0.0355. The average Bonchev–Trinajstić information content (AvgIpc) is 3.38. The molecule has 4 rings (SSSR count). The Labute approximate surface area is 155 Å². The van der Waals surface area contributed by atoms with Crippen LogP contribution in [0.25, 0.3) is 0 Å². The third-order valence-electron chi connectivity index (χ3n) is 6.54. The smallest absolute Gasteiger partial charge is 0.238 e. The quantitative estimate of drug-likeness (QED) is 0.841. The van der Waals surface area contributed by atoms with E-state index >= 15 is 0 Å². The zero-order valence-corrected chi connectivity index (χ0v) is 15.7. The van der Waals surface area contributed by atoms with Crippen LogP contribution in [0.4, 0.5) is 0 Å². The van der Waals surface area contributed by atoms with E-state index in [-0.39, 0.29) is 17.2 Å². The summed E-state index contributed by atoms with van der Waals surface area (Å²) >= 11 is 0. The summed E-state index contributed by atoms with van der Waals surface area (Å²) in [5, 5.41) is 2.68. The van der Waals surface area contributed by atoms with Crippen LogP contribution in [0.2, 0.25) is 0 Å². The van der Waals surface area contributed by atoms with Crippen LogP contribution in [0.1, 0.15) is 37.7 Å². The number of nitrogens with one attached hydrogen (secondary N) is 1. The van der Waals surface area contributed by atoms with E-state index in [0.29, 0.717) is 12.8 Å². The topological polar surface area (TPSA) is 52.7 Å². The van der Waals surface area contributed by atoms with Gasteiger partial charge in [-0.1, -0.05) is 30.3 Å². The predicted octanol–water partition coefficient (Wildman–Crippen LogP) is 2.03. The predicted molar refractivity (Wildman–Crippen MR) is 100 cm³/mol. The lowest BCUT2D eigenvalue weighted by Gasteiger charge is -2.40. The Hall–Kier alpha value is -1.88. The maximum absolute atomic E-state index is 13.0. The van der Waals surface area contributed by atoms with Crippen molar-refractivity contribution in [1.82, 2.24) is 15.1 Å². The second-order valence-electron chi connectivity index (χ2n) is 8.44. The molecule has 3 fully saturated rings. The second kappa shape index (κ2) is 6.69. The number of likely N-dealkylation sites (tertiary alicyclic amines) is 2. The molecule has 3 aliphatic rings. The molecule has 2 aliphatic heterocycles. The fourth-order valence-electron chi connectivity index (χ4n) is 4.93. The van der Waals surface area contributed by atoms with Crippen molar-refractivity contribution in [3.63, 3.8) is 0 Å². The molecule has 140 valence electrons. The van der Waals surface area contributed by atoms with E-state index in [9.17, 15) is 9.59 Å². The van der Waals surface area contributed by atoms with E-state index in [2.05, 4.69) is 40.5 Å². The van der Waals surface area contributed by atoms with Gasteiger partial charge in [0.2, 0.25) is 11.8 Å². The lowest BCUT2D eigenvalue weighted by atomic mass is 9.79. The van der Waals surface area contributed by atoms with Crippen molar-refractivity contribution >= 4 is 11.8 Å². The summed E-state index contributed by atoms with van der Waals surface area (Å²) in [5.41, 5.74) is 0.812. The molecule has 1 aliphatic carbocycles. The SMILES string of the molecule is CNC(=O)C1(C(=O)N2CCC3(CCCN(Cc4ccccc4)C3)C2)CC1. The fourth-order valence-corrected chi connectivity index (χ4v) is 4.93. The zero-order chi connectivity index (χ0) is 18.2. The molecular weight excluding hydrogens is 326 g/mol. The third-order valence-corrected chi connectivity index (χ3v) is 6.54. The van der Waals surface area contributed by atoms with E-state index in [1.807, 2.05) is 4.90 Å².